The van der Waals surface area contributed by atoms with Gasteiger partial charge in [-0.25, -0.2) is 0 Å². The minimum atomic E-state index is -0.0371. The maximum absolute atomic E-state index is 10.9. The molecule has 0 saturated carbocycles. The van der Waals surface area contributed by atoms with Crippen LogP contribution < -0.4 is 5.73 Å². The molecule has 0 heterocycles. The Morgan fingerprint density at radius 3 is 2.28 bits per heavy atom. The van der Waals surface area contributed by atoms with Gasteiger partial charge in [-0.15, -0.1) is 5.69 Å². The Bertz CT molecular complexity index is 341. The zero-order chi connectivity index (χ0) is 12.6. The van der Waals surface area contributed by atoms with Crippen molar-refractivity contribution in [3.63, 3.8) is 0 Å². The molecule has 101 valence electrons. The number of carbonyl (C=O) groups excluding carboxylic acids is 1. The third-order valence-corrected chi connectivity index (χ3v) is 2.01. The van der Waals surface area contributed by atoms with Crippen LogP contribution in [-0.2, 0) is 37.5 Å². The Labute approximate surface area is 137 Å². The summed E-state index contributed by atoms with van der Waals surface area (Å²) in [6.07, 6.45) is 0. The van der Waals surface area contributed by atoms with Crippen molar-refractivity contribution in [1.82, 2.24) is 0 Å². The van der Waals surface area contributed by atoms with Gasteiger partial charge in [0.2, 0.25) is 0 Å². The second-order valence-electron chi connectivity index (χ2n) is 3.35. The maximum atomic E-state index is 10.9. The van der Waals surface area contributed by atoms with E-state index in [2.05, 4.69) is 5.32 Å². The molecule has 1 rings (SSSR count). The van der Waals surface area contributed by atoms with Crippen molar-refractivity contribution in [2.45, 2.75) is 27.7 Å². The molecule has 1 aromatic carbocycles. The van der Waals surface area contributed by atoms with Gasteiger partial charge in [0.15, 0.2) is 0 Å². The molecule has 0 aliphatic heterocycles. The average molecular weight is 325 g/mol. The van der Waals surface area contributed by atoms with Crippen molar-refractivity contribution < 1.29 is 37.5 Å². The Kier molecular flexibility index (Phi) is 16.8. The van der Waals surface area contributed by atoms with E-state index < -0.39 is 0 Å². The van der Waals surface area contributed by atoms with Crippen molar-refractivity contribution in [2.24, 2.45) is 5.73 Å². The summed E-state index contributed by atoms with van der Waals surface area (Å²) in [5, 5.41) is 4.19. The van der Waals surface area contributed by atoms with E-state index in [1.807, 2.05) is 45.9 Å². The minimum Gasteiger partial charge on any atom is -0.678 e. The van der Waals surface area contributed by atoms with E-state index in [-0.39, 0.29) is 59.0 Å². The molecule has 0 spiro atoms. The minimum absolute atomic E-state index is 0. The van der Waals surface area contributed by atoms with Gasteiger partial charge in [0.25, 0.3) is 0 Å². The first kappa shape index (κ1) is 22.9. The van der Waals surface area contributed by atoms with Gasteiger partial charge in [-0.1, -0.05) is 49.7 Å². The van der Waals surface area contributed by atoms with Crippen LogP contribution in [0.15, 0.2) is 18.2 Å². The largest absolute Gasteiger partial charge is 0.678 e. The van der Waals surface area contributed by atoms with Crippen LogP contribution in [0.2, 0.25) is 0 Å². The van der Waals surface area contributed by atoms with Crippen molar-refractivity contribution in [3.05, 3.63) is 42.1 Å². The number of nitrogens with zero attached hydrogens (tertiary/aromatic N) is 1. The molecule has 0 aliphatic rings. The molecular weight excluding hydrogens is 301 g/mol. The number of rotatable bonds is 4. The summed E-state index contributed by atoms with van der Waals surface area (Å²) in [4.78, 5) is 10.9. The van der Waals surface area contributed by atoms with Crippen molar-refractivity contribution in [3.8, 4) is 0 Å². The van der Waals surface area contributed by atoms with Crippen LogP contribution in [0.3, 0.4) is 0 Å². The molecule has 0 aromatic heterocycles. The number of Topliss-reactive ketones (excluding diaryl/α,β-unsaturated/α-hetero) is 1. The number of hydrogen-bond donors (Lipinski definition) is 1. The number of ketones is 1. The Morgan fingerprint density at radius 2 is 1.83 bits per heavy atom. The third kappa shape index (κ3) is 8.79. The number of carbonyl (C=O) groups is 1. The van der Waals surface area contributed by atoms with Crippen LogP contribution >= 0.6 is 0 Å². The van der Waals surface area contributed by atoms with Gasteiger partial charge in [-0.05, 0) is 13.8 Å². The summed E-state index contributed by atoms with van der Waals surface area (Å²) >= 11 is 0. The summed E-state index contributed by atoms with van der Waals surface area (Å²) in [5.74, 6) is -0.0371. The topological polar surface area (TPSA) is 57.2 Å². The van der Waals surface area contributed by atoms with Gasteiger partial charge < -0.3 is 18.5 Å². The molecule has 4 heteroatoms. The van der Waals surface area contributed by atoms with E-state index in [1.54, 1.807) is 0 Å². The smallest absolute Gasteiger partial charge is 0.129 e. The molecule has 2 N–H and O–H groups in total. The molecule has 0 bridgehead atoms. The van der Waals surface area contributed by atoms with Crippen LogP contribution in [0, 0.1) is 21.3 Å². The monoisotopic (exact) mass is 325 g/mol. The Morgan fingerprint density at radius 1 is 1.28 bits per heavy atom. The maximum Gasteiger partial charge on any atom is 0.129 e. The average Bonchev–Trinajstić information content (AvgIpc) is 2.30. The molecule has 0 saturated heterocycles. The second-order valence-corrected chi connectivity index (χ2v) is 3.35. The number of hydrogen-bond acceptors (Lipinski definition) is 2. The van der Waals surface area contributed by atoms with Crippen molar-refractivity contribution in [1.29, 1.82) is 0 Å². The van der Waals surface area contributed by atoms with Gasteiger partial charge in [0.1, 0.15) is 5.78 Å². The first-order valence-corrected chi connectivity index (χ1v) is 5.60. The van der Waals surface area contributed by atoms with E-state index in [0.717, 1.165) is 11.3 Å². The van der Waals surface area contributed by atoms with Crippen LogP contribution in [0.5, 0.6) is 0 Å². The summed E-state index contributed by atoms with van der Waals surface area (Å²) in [5.41, 5.74) is 8.35. The summed E-state index contributed by atoms with van der Waals surface area (Å²) in [6.45, 7) is 8.26. The molecule has 0 fully saturated rings. The predicted octanol–water partition coefficient (Wildman–Crippen LogP) is 3.31. The zero-order valence-corrected chi connectivity index (χ0v) is 15.0. The Balaban J connectivity index is -0.000000534. The van der Waals surface area contributed by atoms with Gasteiger partial charge in [-0.2, -0.15) is 0 Å². The number of nitrogens with two attached hydrogens (primary N) is 1. The molecule has 18 heavy (non-hydrogen) atoms. The molecule has 3 nitrogen and oxygen atoms in total. The molecule has 1 radical (unpaired) electrons. The van der Waals surface area contributed by atoms with Gasteiger partial charge in [0, 0.05) is 32.7 Å². The van der Waals surface area contributed by atoms with E-state index in [0.29, 0.717) is 0 Å². The SMILES string of the molecule is CC.Cc1ccc([N-]CC(=O)CN)c(C)c1.[CH3-].[Y]. The predicted molar refractivity (Wildman–Crippen MR) is 75.6 cm³/mol. The van der Waals surface area contributed by atoms with Crippen LogP contribution in [0.4, 0.5) is 5.69 Å². The van der Waals surface area contributed by atoms with E-state index in [9.17, 15) is 4.79 Å². The van der Waals surface area contributed by atoms with Crippen molar-refractivity contribution in [2.75, 3.05) is 13.1 Å². The molecule has 0 aliphatic carbocycles. The molecule has 1 aromatic rings. The molecular formula is C14H24N2OY-2. The number of aryl methyl sites for hydroxylation is 2. The van der Waals surface area contributed by atoms with Crippen LogP contribution in [0.25, 0.3) is 5.32 Å². The molecule has 0 amide bonds. The van der Waals surface area contributed by atoms with E-state index in [4.69, 9.17) is 5.73 Å². The second kappa shape index (κ2) is 13.2. The molecule has 0 unspecified atom stereocenters. The van der Waals surface area contributed by atoms with Crippen LogP contribution in [-0.4, -0.2) is 18.9 Å². The van der Waals surface area contributed by atoms with Gasteiger partial charge in [-0.3, -0.25) is 4.79 Å². The first-order chi connectivity index (χ1) is 7.63. The van der Waals surface area contributed by atoms with Crippen LogP contribution in [0.1, 0.15) is 25.0 Å². The fraction of sp³-hybridized carbons (Fsp3) is 0.429. The number of benzene rings is 1. The standard InChI is InChI=1S/C11H15N2O.C2H6.CH3.Y/c1-8-3-4-11(9(2)5-8)13-7-10(14)6-12;1-2;;/h3-5H,6-7,12H2,1-2H3;1-2H3;1H3;/q-1;;-1;. The molecule has 0 atom stereocenters. The van der Waals surface area contributed by atoms with Gasteiger partial charge in [0.05, 0.1) is 6.54 Å². The van der Waals surface area contributed by atoms with E-state index in [1.165, 1.54) is 5.56 Å². The summed E-state index contributed by atoms with van der Waals surface area (Å²) in [6, 6.07) is 5.96. The fourth-order valence-corrected chi connectivity index (χ4v) is 1.22. The normalized spacial score (nSPS) is 8.06. The fourth-order valence-electron chi connectivity index (χ4n) is 1.22. The third-order valence-electron chi connectivity index (χ3n) is 2.01. The quantitative estimate of drug-likeness (QED) is 0.864. The van der Waals surface area contributed by atoms with Gasteiger partial charge >= 0.3 is 0 Å². The Hall–Kier alpha value is -0.246. The summed E-state index contributed by atoms with van der Waals surface area (Å²) < 4.78 is 0. The van der Waals surface area contributed by atoms with E-state index >= 15 is 0 Å². The zero-order valence-electron chi connectivity index (χ0n) is 12.2. The summed E-state index contributed by atoms with van der Waals surface area (Å²) in [7, 11) is 0. The first-order valence-electron chi connectivity index (χ1n) is 5.60. The van der Waals surface area contributed by atoms with Crippen molar-refractivity contribution >= 4 is 11.5 Å².